The van der Waals surface area contributed by atoms with Gasteiger partial charge in [0.1, 0.15) is 12.4 Å². The van der Waals surface area contributed by atoms with Gasteiger partial charge in [0.15, 0.2) is 0 Å². The zero-order valence-corrected chi connectivity index (χ0v) is 9.89. The molecule has 6 heteroatoms. The number of hydrogen-bond donors (Lipinski definition) is 2. The van der Waals surface area contributed by atoms with E-state index in [1.807, 2.05) is 0 Å². The molecule has 0 radical (unpaired) electrons. The highest BCUT2D eigenvalue weighted by Gasteiger charge is 2.16. The van der Waals surface area contributed by atoms with Gasteiger partial charge in [0, 0.05) is 12.7 Å². The summed E-state index contributed by atoms with van der Waals surface area (Å²) in [5, 5.41) is 0. The lowest BCUT2D eigenvalue weighted by atomic mass is 10.2. The Morgan fingerprint density at radius 3 is 2.56 bits per heavy atom. The van der Waals surface area contributed by atoms with Crippen LogP contribution in [0, 0.1) is 0 Å². The second kappa shape index (κ2) is 6.01. The fourth-order valence-corrected chi connectivity index (χ4v) is 1.94. The van der Waals surface area contributed by atoms with Gasteiger partial charge in [-0.15, -0.1) is 0 Å². The van der Waals surface area contributed by atoms with Crippen LogP contribution in [0.4, 0.5) is 0 Å². The average Bonchev–Trinajstić information content (AvgIpc) is 2.19. The molecule has 5 nitrogen and oxygen atoms in total. The van der Waals surface area contributed by atoms with Gasteiger partial charge in [-0.05, 0) is 6.07 Å². The summed E-state index contributed by atoms with van der Waals surface area (Å²) in [6.45, 7) is 0.791. The van der Waals surface area contributed by atoms with Crippen LogP contribution in [0.25, 0.3) is 0 Å². The predicted molar refractivity (Wildman–Crippen MR) is 59.6 cm³/mol. The molecule has 0 fully saturated rings. The molecule has 0 spiro atoms. The minimum absolute atomic E-state index is 0.309. The molecule has 0 saturated heterocycles. The van der Waals surface area contributed by atoms with Crippen LogP contribution < -0.4 is 4.74 Å². The van der Waals surface area contributed by atoms with Crippen molar-refractivity contribution in [2.24, 2.45) is 0 Å². The van der Waals surface area contributed by atoms with E-state index in [0.29, 0.717) is 24.5 Å². The molecule has 0 unspecified atom stereocenters. The number of benzene rings is 1. The summed E-state index contributed by atoms with van der Waals surface area (Å²) in [6, 6.07) is 6.79. The molecule has 1 rings (SSSR count). The van der Waals surface area contributed by atoms with Crippen molar-refractivity contribution in [3.8, 4) is 5.75 Å². The van der Waals surface area contributed by atoms with Crippen LogP contribution in [0.2, 0.25) is 0 Å². The van der Waals surface area contributed by atoms with Crippen molar-refractivity contribution in [2.45, 2.75) is 6.16 Å². The van der Waals surface area contributed by atoms with Gasteiger partial charge in [0.25, 0.3) is 0 Å². The van der Waals surface area contributed by atoms with Gasteiger partial charge in [0.2, 0.25) is 0 Å². The first-order valence-electron chi connectivity index (χ1n) is 4.77. The fourth-order valence-electron chi connectivity index (χ4n) is 1.23. The standard InChI is InChI=1S/C10H15O5P/c1-14-6-7-15-10-5-3-2-4-9(10)8-16(11,12)13/h2-5H,6-8H2,1H3,(H2,11,12,13). The Morgan fingerprint density at radius 2 is 1.94 bits per heavy atom. The van der Waals surface area contributed by atoms with Crippen molar-refractivity contribution in [1.82, 2.24) is 0 Å². The van der Waals surface area contributed by atoms with Crippen molar-refractivity contribution in [3.63, 3.8) is 0 Å². The molecule has 0 amide bonds. The number of hydrogen-bond acceptors (Lipinski definition) is 3. The Hall–Kier alpha value is -0.870. The van der Waals surface area contributed by atoms with E-state index in [-0.39, 0.29) is 6.16 Å². The molecular formula is C10H15O5P. The molecule has 90 valence electrons. The van der Waals surface area contributed by atoms with E-state index in [2.05, 4.69) is 0 Å². The molecule has 1 aromatic carbocycles. The summed E-state index contributed by atoms with van der Waals surface area (Å²) in [4.78, 5) is 17.8. The van der Waals surface area contributed by atoms with Crippen LogP contribution in [-0.4, -0.2) is 30.1 Å². The monoisotopic (exact) mass is 246 g/mol. The molecule has 2 N–H and O–H groups in total. The number of methoxy groups -OCH3 is 1. The van der Waals surface area contributed by atoms with Crippen molar-refractivity contribution in [3.05, 3.63) is 29.8 Å². The second-order valence-corrected chi connectivity index (χ2v) is 4.92. The largest absolute Gasteiger partial charge is 0.491 e. The van der Waals surface area contributed by atoms with Crippen LogP contribution in [0.15, 0.2) is 24.3 Å². The molecule has 0 aliphatic carbocycles. The summed E-state index contributed by atoms with van der Waals surface area (Å²) in [5.74, 6) is 0.489. The van der Waals surface area contributed by atoms with Crippen molar-refractivity contribution < 1.29 is 23.8 Å². The van der Waals surface area contributed by atoms with Gasteiger partial charge in [0.05, 0.1) is 12.8 Å². The summed E-state index contributed by atoms with van der Waals surface area (Å²) in [7, 11) is -2.50. The van der Waals surface area contributed by atoms with E-state index in [0.717, 1.165) is 0 Å². The topological polar surface area (TPSA) is 76.0 Å². The second-order valence-electron chi connectivity index (χ2n) is 3.27. The molecule has 0 aliphatic heterocycles. The third-order valence-corrected chi connectivity index (χ3v) is 2.65. The average molecular weight is 246 g/mol. The maximum absolute atomic E-state index is 10.9. The van der Waals surface area contributed by atoms with Crippen LogP contribution >= 0.6 is 7.60 Å². The Bertz CT molecular complexity index is 373. The highest BCUT2D eigenvalue weighted by atomic mass is 31.2. The van der Waals surface area contributed by atoms with Crippen molar-refractivity contribution in [2.75, 3.05) is 20.3 Å². The van der Waals surface area contributed by atoms with E-state index in [1.165, 1.54) is 0 Å². The minimum atomic E-state index is -4.06. The van der Waals surface area contributed by atoms with E-state index in [4.69, 9.17) is 19.3 Å². The lowest BCUT2D eigenvalue weighted by Gasteiger charge is -2.11. The Kier molecular flexibility index (Phi) is 4.96. The van der Waals surface area contributed by atoms with Gasteiger partial charge in [-0.2, -0.15) is 0 Å². The first-order valence-corrected chi connectivity index (χ1v) is 6.57. The summed E-state index contributed by atoms with van der Waals surface area (Å²) in [6.07, 6.45) is -0.309. The molecule has 16 heavy (non-hydrogen) atoms. The van der Waals surface area contributed by atoms with E-state index in [9.17, 15) is 4.57 Å². The van der Waals surface area contributed by atoms with Crippen LogP contribution in [0.5, 0.6) is 5.75 Å². The molecule has 0 atom stereocenters. The number of para-hydroxylation sites is 1. The smallest absolute Gasteiger partial charge is 0.330 e. The first kappa shape index (κ1) is 13.2. The van der Waals surface area contributed by atoms with Crippen LogP contribution in [-0.2, 0) is 15.5 Å². The lowest BCUT2D eigenvalue weighted by Crippen LogP contribution is -2.05. The third-order valence-electron chi connectivity index (χ3n) is 1.89. The van der Waals surface area contributed by atoms with Crippen molar-refractivity contribution in [1.29, 1.82) is 0 Å². The van der Waals surface area contributed by atoms with Gasteiger partial charge in [-0.25, -0.2) is 0 Å². The maximum Gasteiger partial charge on any atom is 0.330 e. The number of ether oxygens (including phenoxy) is 2. The first-order chi connectivity index (χ1) is 7.53. The maximum atomic E-state index is 10.9. The fraction of sp³-hybridized carbons (Fsp3) is 0.400. The Balaban J connectivity index is 2.71. The van der Waals surface area contributed by atoms with Crippen molar-refractivity contribution >= 4 is 7.60 Å². The summed E-state index contributed by atoms with van der Waals surface area (Å²) < 4.78 is 21.1. The lowest BCUT2D eigenvalue weighted by molar-refractivity contribution is 0.146. The minimum Gasteiger partial charge on any atom is -0.491 e. The summed E-state index contributed by atoms with van der Waals surface area (Å²) in [5.41, 5.74) is 0.506. The molecular weight excluding hydrogens is 231 g/mol. The van der Waals surface area contributed by atoms with Gasteiger partial charge in [-0.1, -0.05) is 18.2 Å². The Labute approximate surface area is 94.2 Å². The highest BCUT2D eigenvalue weighted by Crippen LogP contribution is 2.41. The zero-order valence-electron chi connectivity index (χ0n) is 9.00. The normalized spacial score (nSPS) is 11.4. The molecule has 0 aliphatic rings. The van der Waals surface area contributed by atoms with E-state index >= 15 is 0 Å². The van der Waals surface area contributed by atoms with Gasteiger partial charge in [-0.3, -0.25) is 4.57 Å². The van der Waals surface area contributed by atoms with E-state index in [1.54, 1.807) is 31.4 Å². The SMILES string of the molecule is COCCOc1ccccc1CP(=O)(O)O. The predicted octanol–water partition coefficient (Wildman–Crippen LogP) is 1.39. The van der Waals surface area contributed by atoms with Gasteiger partial charge >= 0.3 is 7.60 Å². The molecule has 0 saturated carbocycles. The molecule has 0 aromatic heterocycles. The molecule has 1 aromatic rings. The highest BCUT2D eigenvalue weighted by molar-refractivity contribution is 7.50. The van der Waals surface area contributed by atoms with Crippen LogP contribution in [0.3, 0.4) is 0 Å². The third kappa shape index (κ3) is 4.77. The zero-order chi connectivity index (χ0) is 12.0. The quantitative estimate of drug-likeness (QED) is 0.586. The summed E-state index contributed by atoms with van der Waals surface area (Å²) >= 11 is 0. The van der Waals surface area contributed by atoms with Crippen LogP contribution in [0.1, 0.15) is 5.56 Å². The Morgan fingerprint density at radius 1 is 1.25 bits per heavy atom. The molecule has 0 bridgehead atoms. The number of rotatable bonds is 6. The van der Waals surface area contributed by atoms with E-state index < -0.39 is 7.60 Å². The molecule has 0 heterocycles. The van der Waals surface area contributed by atoms with Gasteiger partial charge < -0.3 is 19.3 Å².